The minimum Gasteiger partial charge on any atom is -0.493 e. The van der Waals surface area contributed by atoms with Gasteiger partial charge in [0.1, 0.15) is 12.4 Å². The number of anilines is 1. The molecule has 2 N–H and O–H groups in total. The van der Waals surface area contributed by atoms with Crippen LogP contribution in [-0.2, 0) is 4.79 Å². The normalized spacial score (nSPS) is 10.6. The van der Waals surface area contributed by atoms with Gasteiger partial charge in [0.25, 0.3) is 11.8 Å². The van der Waals surface area contributed by atoms with Gasteiger partial charge >= 0.3 is 0 Å². The summed E-state index contributed by atoms with van der Waals surface area (Å²) in [5.74, 6) is 0.510. The highest BCUT2D eigenvalue weighted by Crippen LogP contribution is 2.28. The fourth-order valence-corrected chi connectivity index (χ4v) is 3.62. The van der Waals surface area contributed by atoms with E-state index in [2.05, 4.69) is 38.4 Å². The van der Waals surface area contributed by atoms with Crippen LogP contribution in [0.1, 0.15) is 21.5 Å². The number of carbonyl (C=O) groups excluding carboxylic acids is 2. The molecule has 3 aromatic rings. The molecule has 0 saturated carbocycles. The summed E-state index contributed by atoms with van der Waals surface area (Å²) < 4.78 is 17.3. The van der Waals surface area contributed by atoms with Crippen molar-refractivity contribution in [1.29, 1.82) is 0 Å². The van der Waals surface area contributed by atoms with E-state index in [4.69, 9.17) is 25.8 Å². The molecule has 0 spiro atoms. The molecule has 0 aromatic heterocycles. The maximum absolute atomic E-state index is 12.6. The number of hydrogen-bond donors (Lipinski definition) is 2. The van der Waals surface area contributed by atoms with Crippen LogP contribution in [0.3, 0.4) is 0 Å². The maximum atomic E-state index is 12.6. The van der Waals surface area contributed by atoms with Crippen LogP contribution < -0.4 is 25.0 Å². The third-order valence-electron chi connectivity index (χ3n) is 4.94. The van der Waals surface area contributed by atoms with Gasteiger partial charge in [-0.3, -0.25) is 9.59 Å². The molecule has 3 aromatic carbocycles. The second-order valence-electron chi connectivity index (χ2n) is 7.65. The average Bonchev–Trinajstić information content (AvgIpc) is 2.89. The number of halogens is 2. The molecule has 0 saturated heterocycles. The SMILES string of the molecule is C=CCOc1ccc(C(=O)N/N=C/c2cc(Br)ccc2OCC(=O)Nc2ccc(C)c(Cl)c2)cc1OC. The lowest BCUT2D eigenvalue weighted by Crippen LogP contribution is -2.20. The molecule has 192 valence electrons. The van der Waals surface area contributed by atoms with Gasteiger partial charge in [0.05, 0.1) is 13.3 Å². The summed E-state index contributed by atoms with van der Waals surface area (Å²) in [6.07, 6.45) is 3.04. The molecule has 10 heteroatoms. The van der Waals surface area contributed by atoms with Crippen LogP contribution in [0.2, 0.25) is 5.02 Å². The molecule has 0 atom stereocenters. The van der Waals surface area contributed by atoms with Crippen molar-refractivity contribution in [2.75, 3.05) is 25.6 Å². The lowest BCUT2D eigenvalue weighted by molar-refractivity contribution is -0.118. The molecule has 8 nitrogen and oxygen atoms in total. The zero-order chi connectivity index (χ0) is 26.8. The average molecular weight is 587 g/mol. The summed E-state index contributed by atoms with van der Waals surface area (Å²) in [6.45, 7) is 5.56. The molecular formula is C27H25BrClN3O5. The summed E-state index contributed by atoms with van der Waals surface area (Å²) in [6, 6.07) is 15.2. The Hall–Kier alpha value is -3.82. The molecule has 0 radical (unpaired) electrons. The standard InChI is InChI=1S/C27H25BrClN3O5/c1-4-11-36-24-9-6-18(13-25(24)35-3)27(34)32-30-15-19-12-20(28)7-10-23(19)37-16-26(33)31-21-8-5-17(2)22(29)14-21/h4-10,12-15H,1,11,16H2,2-3H3,(H,31,33)(H,32,34)/b30-15+. The van der Waals surface area contributed by atoms with Crippen LogP contribution in [0.15, 0.2) is 76.8 Å². The second kappa shape index (κ2) is 13.5. The van der Waals surface area contributed by atoms with Crippen LogP contribution in [0, 0.1) is 6.92 Å². The van der Waals surface area contributed by atoms with E-state index in [1.807, 2.05) is 13.0 Å². The highest BCUT2D eigenvalue weighted by atomic mass is 79.9. The number of amides is 2. The van der Waals surface area contributed by atoms with Crippen LogP contribution in [-0.4, -0.2) is 38.4 Å². The Kier molecular flexibility index (Phi) is 10.1. The third-order valence-corrected chi connectivity index (χ3v) is 5.84. The molecule has 0 unspecified atom stereocenters. The number of carbonyl (C=O) groups is 2. The number of rotatable bonds is 11. The second-order valence-corrected chi connectivity index (χ2v) is 8.97. The topological polar surface area (TPSA) is 98.3 Å². The first-order valence-electron chi connectivity index (χ1n) is 11.0. The van der Waals surface area contributed by atoms with Crippen molar-refractivity contribution < 1.29 is 23.8 Å². The van der Waals surface area contributed by atoms with Gasteiger partial charge in [0.2, 0.25) is 0 Å². The van der Waals surface area contributed by atoms with Gasteiger partial charge in [-0.2, -0.15) is 5.10 Å². The van der Waals surface area contributed by atoms with Crippen LogP contribution in [0.25, 0.3) is 0 Å². The van der Waals surface area contributed by atoms with Gasteiger partial charge in [0, 0.05) is 26.3 Å². The Bertz CT molecular complexity index is 1330. The Morgan fingerprint density at radius 2 is 1.84 bits per heavy atom. The monoisotopic (exact) mass is 585 g/mol. The Morgan fingerprint density at radius 3 is 2.57 bits per heavy atom. The summed E-state index contributed by atoms with van der Waals surface area (Å²) in [5, 5.41) is 7.33. The van der Waals surface area contributed by atoms with Crippen molar-refractivity contribution >= 4 is 51.2 Å². The summed E-state index contributed by atoms with van der Waals surface area (Å²) in [5.41, 5.74) is 4.83. The van der Waals surface area contributed by atoms with E-state index in [1.54, 1.807) is 54.6 Å². The first kappa shape index (κ1) is 27.8. The molecule has 0 aliphatic heterocycles. The van der Waals surface area contributed by atoms with E-state index in [1.165, 1.54) is 13.3 Å². The van der Waals surface area contributed by atoms with Crippen molar-refractivity contribution in [1.82, 2.24) is 5.43 Å². The lowest BCUT2D eigenvalue weighted by atomic mass is 10.2. The van der Waals surface area contributed by atoms with Crippen LogP contribution >= 0.6 is 27.5 Å². The molecule has 0 heterocycles. The summed E-state index contributed by atoms with van der Waals surface area (Å²) >= 11 is 9.51. The number of methoxy groups -OCH3 is 1. The zero-order valence-electron chi connectivity index (χ0n) is 20.2. The number of aryl methyl sites for hydroxylation is 1. The summed E-state index contributed by atoms with van der Waals surface area (Å²) in [7, 11) is 1.49. The molecule has 37 heavy (non-hydrogen) atoms. The van der Waals surface area contributed by atoms with Gasteiger partial charge in [0.15, 0.2) is 18.1 Å². The number of hydrogen-bond acceptors (Lipinski definition) is 6. The maximum Gasteiger partial charge on any atom is 0.271 e. The number of benzene rings is 3. The molecule has 0 bridgehead atoms. The van der Waals surface area contributed by atoms with E-state index in [0.717, 1.165) is 10.0 Å². The van der Waals surface area contributed by atoms with E-state index >= 15 is 0 Å². The van der Waals surface area contributed by atoms with Gasteiger partial charge in [-0.1, -0.05) is 46.3 Å². The Labute approximate surface area is 228 Å². The van der Waals surface area contributed by atoms with E-state index in [-0.39, 0.29) is 12.5 Å². The highest BCUT2D eigenvalue weighted by molar-refractivity contribution is 9.10. The molecule has 0 fully saturated rings. The van der Waals surface area contributed by atoms with Crippen molar-refractivity contribution in [3.63, 3.8) is 0 Å². The quantitative estimate of drug-likeness (QED) is 0.169. The molecule has 0 aliphatic rings. The van der Waals surface area contributed by atoms with E-state index < -0.39 is 5.91 Å². The first-order chi connectivity index (χ1) is 17.8. The van der Waals surface area contributed by atoms with Crippen molar-refractivity contribution in [2.24, 2.45) is 5.10 Å². The van der Waals surface area contributed by atoms with Crippen molar-refractivity contribution in [3.8, 4) is 17.2 Å². The van der Waals surface area contributed by atoms with Gasteiger partial charge in [-0.05, 0) is 61.0 Å². The Balaban J connectivity index is 1.63. The number of hydrazone groups is 1. The van der Waals surface area contributed by atoms with Crippen molar-refractivity contribution in [3.05, 3.63) is 93.4 Å². The fraction of sp³-hybridized carbons (Fsp3) is 0.148. The van der Waals surface area contributed by atoms with Gasteiger partial charge < -0.3 is 19.5 Å². The number of nitrogens with zero attached hydrogens (tertiary/aromatic N) is 1. The van der Waals surface area contributed by atoms with E-state index in [0.29, 0.717) is 45.7 Å². The first-order valence-corrected chi connectivity index (χ1v) is 12.2. The van der Waals surface area contributed by atoms with Gasteiger partial charge in [-0.15, -0.1) is 0 Å². The smallest absolute Gasteiger partial charge is 0.271 e. The lowest BCUT2D eigenvalue weighted by Gasteiger charge is -2.11. The zero-order valence-corrected chi connectivity index (χ0v) is 22.6. The fourth-order valence-electron chi connectivity index (χ4n) is 3.06. The van der Waals surface area contributed by atoms with Crippen LogP contribution in [0.5, 0.6) is 17.2 Å². The minimum atomic E-state index is -0.446. The minimum absolute atomic E-state index is 0.236. The van der Waals surface area contributed by atoms with Crippen molar-refractivity contribution in [2.45, 2.75) is 6.92 Å². The van der Waals surface area contributed by atoms with Crippen LogP contribution in [0.4, 0.5) is 5.69 Å². The molecule has 3 rings (SSSR count). The molecule has 0 aliphatic carbocycles. The third kappa shape index (κ3) is 8.09. The number of nitrogens with one attached hydrogen (secondary N) is 2. The van der Waals surface area contributed by atoms with E-state index in [9.17, 15) is 9.59 Å². The Morgan fingerprint density at radius 1 is 1.05 bits per heavy atom. The number of ether oxygens (including phenoxy) is 3. The largest absolute Gasteiger partial charge is 0.493 e. The molecular weight excluding hydrogens is 562 g/mol. The predicted molar refractivity (Wildman–Crippen MR) is 148 cm³/mol. The van der Waals surface area contributed by atoms with Gasteiger partial charge in [-0.25, -0.2) is 5.43 Å². The highest BCUT2D eigenvalue weighted by Gasteiger charge is 2.12. The predicted octanol–water partition coefficient (Wildman–Crippen LogP) is 5.77. The molecule has 2 amide bonds. The summed E-state index contributed by atoms with van der Waals surface area (Å²) in [4.78, 5) is 24.9.